The lowest BCUT2D eigenvalue weighted by Gasteiger charge is -2.19. The van der Waals surface area contributed by atoms with Crippen LogP contribution in [0.3, 0.4) is 0 Å². The maximum Gasteiger partial charge on any atom is 0.314 e. The van der Waals surface area contributed by atoms with E-state index in [0.29, 0.717) is 35.8 Å². The lowest BCUT2D eigenvalue weighted by atomic mass is 10.1. The van der Waals surface area contributed by atoms with Gasteiger partial charge >= 0.3 is 11.8 Å². The van der Waals surface area contributed by atoms with E-state index in [1.807, 2.05) is 32.0 Å². The minimum atomic E-state index is -0.783. The minimum Gasteiger partial charge on any atom is -0.494 e. The van der Waals surface area contributed by atoms with Gasteiger partial charge in [-0.1, -0.05) is 18.2 Å². The molecule has 0 aromatic heterocycles. The van der Waals surface area contributed by atoms with Gasteiger partial charge in [0.15, 0.2) is 0 Å². The van der Waals surface area contributed by atoms with Crippen molar-refractivity contribution >= 4 is 34.8 Å². The predicted molar refractivity (Wildman–Crippen MR) is 108 cm³/mol. The van der Waals surface area contributed by atoms with Gasteiger partial charge in [0.1, 0.15) is 5.75 Å². The summed E-state index contributed by atoms with van der Waals surface area (Å²) in [5.74, 6) is -1.03. The number of anilines is 3. The molecule has 7 nitrogen and oxygen atoms in total. The van der Waals surface area contributed by atoms with Crippen molar-refractivity contribution in [3.05, 3.63) is 47.5 Å². The molecule has 0 radical (unpaired) electrons. The van der Waals surface area contributed by atoms with Gasteiger partial charge in [-0.3, -0.25) is 14.4 Å². The van der Waals surface area contributed by atoms with Crippen molar-refractivity contribution < 1.29 is 19.1 Å². The number of carbonyl (C=O) groups excluding carboxylic acids is 3. The first-order chi connectivity index (χ1) is 13.4. The maximum atomic E-state index is 12.3. The Morgan fingerprint density at radius 3 is 2.32 bits per heavy atom. The first-order valence-corrected chi connectivity index (χ1v) is 9.07. The van der Waals surface area contributed by atoms with Crippen LogP contribution in [0.4, 0.5) is 17.1 Å². The minimum absolute atomic E-state index is 0.0445. The fourth-order valence-electron chi connectivity index (χ4n) is 3.25. The smallest absolute Gasteiger partial charge is 0.314 e. The third-order valence-electron chi connectivity index (χ3n) is 4.73. The molecule has 146 valence electrons. The molecule has 0 saturated carbocycles. The van der Waals surface area contributed by atoms with E-state index in [1.54, 1.807) is 23.1 Å². The molecule has 0 unspecified atom stereocenters. The van der Waals surface area contributed by atoms with Gasteiger partial charge in [-0.2, -0.15) is 0 Å². The van der Waals surface area contributed by atoms with Crippen molar-refractivity contribution in [2.24, 2.45) is 0 Å². The van der Waals surface area contributed by atoms with E-state index in [1.165, 1.54) is 7.11 Å². The molecule has 1 heterocycles. The Bertz CT molecular complexity index is 919. The first-order valence-electron chi connectivity index (χ1n) is 9.07. The molecule has 2 aromatic carbocycles. The molecule has 3 amide bonds. The summed E-state index contributed by atoms with van der Waals surface area (Å²) in [6.45, 7) is 4.37. The van der Waals surface area contributed by atoms with E-state index in [-0.39, 0.29) is 5.91 Å². The second kappa shape index (κ2) is 8.12. The fraction of sp³-hybridized carbons (Fsp3) is 0.286. The summed E-state index contributed by atoms with van der Waals surface area (Å²) in [5.41, 5.74) is 3.45. The van der Waals surface area contributed by atoms with Gasteiger partial charge in [0.05, 0.1) is 12.8 Å². The first kappa shape index (κ1) is 19.4. The number of rotatable bonds is 4. The summed E-state index contributed by atoms with van der Waals surface area (Å²) >= 11 is 0. The number of nitrogens with zero attached hydrogens (tertiary/aromatic N) is 1. The lowest BCUT2D eigenvalue weighted by Crippen LogP contribution is -2.29. The van der Waals surface area contributed by atoms with Crippen LogP contribution in [0.2, 0.25) is 0 Å². The number of benzene rings is 2. The zero-order valence-electron chi connectivity index (χ0n) is 16.2. The molecule has 0 bridgehead atoms. The highest BCUT2D eigenvalue weighted by molar-refractivity contribution is 6.43. The van der Waals surface area contributed by atoms with E-state index >= 15 is 0 Å². The van der Waals surface area contributed by atoms with Crippen LogP contribution >= 0.6 is 0 Å². The molecule has 0 atom stereocenters. The van der Waals surface area contributed by atoms with Crippen molar-refractivity contribution in [2.45, 2.75) is 26.7 Å². The molecule has 1 saturated heterocycles. The van der Waals surface area contributed by atoms with Crippen LogP contribution in [0, 0.1) is 13.8 Å². The van der Waals surface area contributed by atoms with E-state index < -0.39 is 11.8 Å². The summed E-state index contributed by atoms with van der Waals surface area (Å²) < 4.78 is 5.37. The van der Waals surface area contributed by atoms with E-state index in [2.05, 4.69) is 10.6 Å². The highest BCUT2D eigenvalue weighted by Gasteiger charge is 2.25. The summed E-state index contributed by atoms with van der Waals surface area (Å²) in [7, 11) is 1.50. The quantitative estimate of drug-likeness (QED) is 0.797. The zero-order chi connectivity index (χ0) is 20.3. The average molecular weight is 381 g/mol. The van der Waals surface area contributed by atoms with Crippen molar-refractivity contribution in [1.82, 2.24) is 0 Å². The number of ether oxygens (including phenoxy) is 1. The molecular weight excluding hydrogens is 358 g/mol. The lowest BCUT2D eigenvalue weighted by molar-refractivity contribution is -0.133. The Labute approximate surface area is 163 Å². The Balaban J connectivity index is 1.73. The van der Waals surface area contributed by atoms with Crippen molar-refractivity contribution in [1.29, 1.82) is 0 Å². The number of aryl methyl sites for hydroxylation is 2. The van der Waals surface area contributed by atoms with Crippen LogP contribution in [-0.4, -0.2) is 31.4 Å². The zero-order valence-corrected chi connectivity index (χ0v) is 16.2. The second-order valence-electron chi connectivity index (χ2n) is 6.71. The normalized spacial score (nSPS) is 13.4. The highest BCUT2D eigenvalue weighted by Crippen LogP contribution is 2.33. The number of hydrogen-bond acceptors (Lipinski definition) is 4. The van der Waals surface area contributed by atoms with Crippen LogP contribution in [-0.2, 0) is 14.4 Å². The Morgan fingerprint density at radius 1 is 1.04 bits per heavy atom. The van der Waals surface area contributed by atoms with Gasteiger partial charge in [0.25, 0.3) is 0 Å². The number of para-hydroxylation sites is 1. The number of carbonyl (C=O) groups is 3. The fourth-order valence-corrected chi connectivity index (χ4v) is 3.25. The van der Waals surface area contributed by atoms with E-state index in [4.69, 9.17) is 4.74 Å². The van der Waals surface area contributed by atoms with Gasteiger partial charge in [0.2, 0.25) is 5.91 Å². The van der Waals surface area contributed by atoms with Gasteiger partial charge in [-0.15, -0.1) is 0 Å². The average Bonchev–Trinajstić information content (AvgIpc) is 3.10. The van der Waals surface area contributed by atoms with Gasteiger partial charge < -0.3 is 20.3 Å². The molecule has 2 N–H and O–H groups in total. The summed E-state index contributed by atoms with van der Waals surface area (Å²) in [5, 5.41) is 5.22. The maximum absolute atomic E-state index is 12.3. The standard InChI is InChI=1S/C21H23N3O4/c1-13-6-4-7-14(2)19(13)23-21(27)20(26)22-15-9-10-16(17(12-15)28-3)24-11-5-8-18(24)25/h4,6-7,9-10,12H,5,8,11H2,1-3H3,(H,22,26)(H,23,27). The van der Waals surface area contributed by atoms with Crippen LogP contribution in [0.5, 0.6) is 5.75 Å². The van der Waals surface area contributed by atoms with Crippen molar-refractivity contribution in [2.75, 3.05) is 29.2 Å². The molecular formula is C21H23N3O4. The summed E-state index contributed by atoms with van der Waals surface area (Å²) in [4.78, 5) is 38.2. The van der Waals surface area contributed by atoms with E-state index in [9.17, 15) is 14.4 Å². The van der Waals surface area contributed by atoms with Crippen LogP contribution < -0.4 is 20.3 Å². The molecule has 0 aliphatic carbocycles. The van der Waals surface area contributed by atoms with E-state index in [0.717, 1.165) is 17.5 Å². The molecule has 1 fully saturated rings. The SMILES string of the molecule is COc1cc(NC(=O)C(=O)Nc2c(C)cccc2C)ccc1N1CCCC1=O. The predicted octanol–water partition coefficient (Wildman–Crippen LogP) is 3.02. The molecule has 2 aromatic rings. The molecule has 1 aliphatic rings. The Kier molecular flexibility index (Phi) is 5.63. The Hall–Kier alpha value is -3.35. The topological polar surface area (TPSA) is 87.7 Å². The van der Waals surface area contributed by atoms with Crippen LogP contribution in [0.1, 0.15) is 24.0 Å². The molecule has 7 heteroatoms. The molecule has 28 heavy (non-hydrogen) atoms. The molecule has 3 rings (SSSR count). The Morgan fingerprint density at radius 2 is 1.71 bits per heavy atom. The van der Waals surface area contributed by atoms with Crippen molar-refractivity contribution in [3.63, 3.8) is 0 Å². The number of hydrogen-bond donors (Lipinski definition) is 2. The molecule has 0 spiro atoms. The number of amides is 3. The van der Waals surface area contributed by atoms with Crippen LogP contribution in [0.15, 0.2) is 36.4 Å². The molecule has 1 aliphatic heterocycles. The highest BCUT2D eigenvalue weighted by atomic mass is 16.5. The number of methoxy groups -OCH3 is 1. The third kappa shape index (κ3) is 3.98. The summed E-state index contributed by atoms with van der Waals surface area (Å²) in [6, 6.07) is 10.6. The largest absolute Gasteiger partial charge is 0.494 e. The van der Waals surface area contributed by atoms with Crippen LogP contribution in [0.25, 0.3) is 0 Å². The van der Waals surface area contributed by atoms with Crippen molar-refractivity contribution in [3.8, 4) is 5.75 Å². The monoisotopic (exact) mass is 381 g/mol. The number of nitrogens with one attached hydrogen (secondary N) is 2. The summed E-state index contributed by atoms with van der Waals surface area (Å²) in [6.07, 6.45) is 1.32. The third-order valence-corrected chi connectivity index (χ3v) is 4.73. The van der Waals surface area contributed by atoms with Gasteiger partial charge in [-0.25, -0.2) is 0 Å². The van der Waals surface area contributed by atoms with Gasteiger partial charge in [-0.05, 0) is 43.5 Å². The van der Waals surface area contributed by atoms with Gasteiger partial charge in [0, 0.05) is 30.4 Å². The second-order valence-corrected chi connectivity index (χ2v) is 6.71.